The predicted octanol–water partition coefficient (Wildman–Crippen LogP) is 7.86. The van der Waals surface area contributed by atoms with Crippen LogP contribution in [0.25, 0.3) is 6.08 Å². The van der Waals surface area contributed by atoms with E-state index in [0.29, 0.717) is 23.6 Å². The second kappa shape index (κ2) is 13.4. The van der Waals surface area contributed by atoms with Crippen molar-refractivity contribution in [1.82, 2.24) is 5.32 Å². The topological polar surface area (TPSA) is 49.4 Å². The van der Waals surface area contributed by atoms with Gasteiger partial charge in [0.15, 0.2) is 0 Å². The van der Waals surface area contributed by atoms with Crippen LogP contribution < -0.4 is 10.2 Å². The molecule has 6 heteroatoms. The van der Waals surface area contributed by atoms with Gasteiger partial charge in [0, 0.05) is 22.3 Å². The zero-order valence-electron chi connectivity index (χ0n) is 22.5. The molecule has 0 atom stereocenters. The number of fused-ring (bicyclic) bond motifs is 1. The minimum Gasteiger partial charge on any atom is -0.352 e. The molecule has 0 saturated heterocycles. The third-order valence-corrected chi connectivity index (χ3v) is 9.82. The number of nitrogens with zero attached hydrogens (tertiary/aromatic N) is 1. The second-order valence-corrected chi connectivity index (χ2v) is 12.8. The summed E-state index contributed by atoms with van der Waals surface area (Å²) in [7, 11) is 0. The van der Waals surface area contributed by atoms with E-state index in [4.69, 9.17) is 0 Å². The van der Waals surface area contributed by atoms with Crippen molar-refractivity contribution in [3.63, 3.8) is 0 Å². The number of carbonyl (C=O) groups excluding carboxylic acids is 2. The maximum absolute atomic E-state index is 13.6. The Morgan fingerprint density at radius 3 is 2.51 bits per heavy atom. The Morgan fingerprint density at radius 1 is 1.00 bits per heavy atom. The Kier molecular flexibility index (Phi) is 9.49. The zero-order valence-corrected chi connectivity index (χ0v) is 24.2. The lowest BCUT2D eigenvalue weighted by molar-refractivity contribution is -0.114. The average molecular weight is 557 g/mol. The molecule has 0 radical (unpaired) electrons. The Hall–Kier alpha value is -2.96. The van der Waals surface area contributed by atoms with Crippen molar-refractivity contribution in [1.29, 1.82) is 0 Å². The number of hydrogen-bond acceptors (Lipinski definition) is 4. The summed E-state index contributed by atoms with van der Waals surface area (Å²) in [4.78, 5) is 29.8. The van der Waals surface area contributed by atoms with E-state index in [1.807, 2.05) is 53.4 Å². The number of amides is 2. The van der Waals surface area contributed by atoms with Gasteiger partial charge in [-0.25, -0.2) is 0 Å². The van der Waals surface area contributed by atoms with Gasteiger partial charge in [0.05, 0.1) is 17.1 Å². The lowest BCUT2D eigenvalue weighted by Gasteiger charge is -2.30. The van der Waals surface area contributed by atoms with E-state index >= 15 is 0 Å². The number of carbonyl (C=O) groups is 2. The lowest BCUT2D eigenvalue weighted by Crippen LogP contribution is -2.33. The second-order valence-electron chi connectivity index (χ2n) is 10.3. The summed E-state index contributed by atoms with van der Waals surface area (Å²) in [6.07, 6.45) is 9.74. The molecule has 5 rings (SSSR count). The standard InChI is InChI=1S/C33H36N2O2S2/c1-24-12-14-26(15-13-24)23-35-29-10-5-6-11-30(29)39-31(33(35)37)22-25-16-18-27(19-17-25)32(36)34-20-7-21-38-28-8-3-2-4-9-28/h5-6,10-19,22,28H,2-4,7-9,20-21,23H2,1H3,(H,34,36). The smallest absolute Gasteiger partial charge is 0.265 e. The van der Waals surface area contributed by atoms with Gasteiger partial charge in [0.25, 0.3) is 11.8 Å². The maximum atomic E-state index is 13.6. The van der Waals surface area contributed by atoms with Crippen LogP contribution in [0.15, 0.2) is 82.6 Å². The Morgan fingerprint density at radius 2 is 1.74 bits per heavy atom. The van der Waals surface area contributed by atoms with Gasteiger partial charge in [-0.3, -0.25) is 9.59 Å². The third-order valence-electron chi connectivity index (χ3n) is 7.28. The molecule has 39 heavy (non-hydrogen) atoms. The van der Waals surface area contributed by atoms with Crippen molar-refractivity contribution in [2.24, 2.45) is 0 Å². The van der Waals surface area contributed by atoms with Crippen LogP contribution in [0.1, 0.15) is 65.6 Å². The zero-order chi connectivity index (χ0) is 27.0. The molecule has 3 aromatic carbocycles. The molecule has 0 bridgehead atoms. The number of thioether (sulfide) groups is 2. The summed E-state index contributed by atoms with van der Waals surface area (Å²) in [6, 6.07) is 23.9. The van der Waals surface area contributed by atoms with Crippen molar-refractivity contribution in [3.8, 4) is 0 Å². The molecule has 0 unspecified atom stereocenters. The minimum atomic E-state index is -0.0433. The summed E-state index contributed by atoms with van der Waals surface area (Å²) < 4.78 is 0. The molecule has 202 valence electrons. The molecule has 1 heterocycles. The van der Waals surface area contributed by atoms with E-state index in [1.165, 1.54) is 49.4 Å². The van der Waals surface area contributed by atoms with Crippen molar-refractivity contribution < 1.29 is 9.59 Å². The summed E-state index contributed by atoms with van der Waals surface area (Å²) in [5, 5.41) is 3.87. The summed E-state index contributed by atoms with van der Waals surface area (Å²) in [5.41, 5.74) is 4.78. The van der Waals surface area contributed by atoms with Crippen LogP contribution in [0, 0.1) is 6.92 Å². The number of anilines is 1. The normalized spacial score (nSPS) is 16.8. The first kappa shape index (κ1) is 27.6. The summed E-state index contributed by atoms with van der Waals surface area (Å²) in [5.74, 6) is 1.05. The van der Waals surface area contributed by atoms with Gasteiger partial charge < -0.3 is 10.2 Å². The van der Waals surface area contributed by atoms with Gasteiger partial charge >= 0.3 is 0 Å². The number of hydrogen-bond donors (Lipinski definition) is 1. The van der Waals surface area contributed by atoms with Crippen molar-refractivity contribution in [2.75, 3.05) is 17.2 Å². The first-order valence-corrected chi connectivity index (χ1v) is 15.8. The number of benzene rings is 3. The lowest BCUT2D eigenvalue weighted by atomic mass is 10.0. The number of nitrogens with one attached hydrogen (secondary N) is 1. The van der Waals surface area contributed by atoms with Crippen LogP contribution in [0.4, 0.5) is 5.69 Å². The van der Waals surface area contributed by atoms with Crippen LogP contribution >= 0.6 is 23.5 Å². The first-order valence-electron chi connectivity index (χ1n) is 13.9. The largest absolute Gasteiger partial charge is 0.352 e. The quantitative estimate of drug-likeness (QED) is 0.215. The monoisotopic (exact) mass is 556 g/mol. The molecule has 4 nitrogen and oxygen atoms in total. The summed E-state index contributed by atoms with van der Waals surface area (Å²) >= 11 is 3.57. The van der Waals surface area contributed by atoms with Gasteiger partial charge in [0.2, 0.25) is 0 Å². The Labute approximate surface area is 240 Å². The SMILES string of the molecule is Cc1ccc(CN2C(=O)C(=Cc3ccc(C(=O)NCCCSC4CCCCC4)cc3)Sc3ccccc32)cc1. The van der Waals surface area contributed by atoms with Crippen LogP contribution in [0.2, 0.25) is 0 Å². The molecule has 1 aliphatic heterocycles. The van der Waals surface area contributed by atoms with E-state index in [0.717, 1.165) is 39.1 Å². The van der Waals surface area contributed by atoms with Gasteiger partial charge in [-0.15, -0.1) is 0 Å². The van der Waals surface area contributed by atoms with Gasteiger partial charge in [-0.2, -0.15) is 11.8 Å². The number of aryl methyl sites for hydroxylation is 1. The molecule has 1 saturated carbocycles. The van der Waals surface area contributed by atoms with Crippen LogP contribution in [0.5, 0.6) is 0 Å². The number of para-hydroxylation sites is 1. The van der Waals surface area contributed by atoms with E-state index < -0.39 is 0 Å². The molecule has 1 fully saturated rings. The highest BCUT2D eigenvalue weighted by Crippen LogP contribution is 2.42. The molecule has 3 aromatic rings. The summed E-state index contributed by atoms with van der Waals surface area (Å²) in [6.45, 7) is 3.29. The van der Waals surface area contributed by atoms with Gasteiger partial charge in [-0.05, 0) is 73.4 Å². The van der Waals surface area contributed by atoms with E-state index in [9.17, 15) is 9.59 Å². The van der Waals surface area contributed by atoms with Crippen LogP contribution in [0.3, 0.4) is 0 Å². The van der Waals surface area contributed by atoms with Crippen molar-refractivity contribution in [3.05, 3.63) is 100.0 Å². The molecule has 2 amide bonds. The van der Waals surface area contributed by atoms with Crippen LogP contribution in [-0.2, 0) is 11.3 Å². The molecular formula is C33H36N2O2S2. The van der Waals surface area contributed by atoms with Crippen molar-refractivity contribution in [2.45, 2.75) is 62.1 Å². The Balaban J connectivity index is 1.20. The molecule has 0 aromatic heterocycles. The third kappa shape index (κ3) is 7.37. The fourth-order valence-electron chi connectivity index (χ4n) is 5.04. The van der Waals surface area contributed by atoms with Crippen LogP contribution in [-0.4, -0.2) is 29.4 Å². The molecule has 0 spiro atoms. The van der Waals surface area contributed by atoms with E-state index in [-0.39, 0.29) is 11.8 Å². The van der Waals surface area contributed by atoms with E-state index in [1.54, 1.807) is 0 Å². The molecule has 1 N–H and O–H groups in total. The predicted molar refractivity (Wildman–Crippen MR) is 165 cm³/mol. The Bertz CT molecular complexity index is 1310. The van der Waals surface area contributed by atoms with Crippen molar-refractivity contribution >= 4 is 47.1 Å². The minimum absolute atomic E-state index is 0.00723. The maximum Gasteiger partial charge on any atom is 0.265 e. The van der Waals surface area contributed by atoms with Gasteiger partial charge in [-0.1, -0.05) is 85.1 Å². The fraction of sp³-hybridized carbons (Fsp3) is 0.333. The fourth-order valence-corrected chi connectivity index (χ4v) is 7.41. The number of rotatable bonds is 9. The van der Waals surface area contributed by atoms with E-state index in [2.05, 4.69) is 54.3 Å². The molecule has 1 aliphatic carbocycles. The molecular weight excluding hydrogens is 521 g/mol. The highest BCUT2D eigenvalue weighted by Gasteiger charge is 2.29. The highest BCUT2D eigenvalue weighted by atomic mass is 32.2. The highest BCUT2D eigenvalue weighted by molar-refractivity contribution is 8.04. The molecule has 2 aliphatic rings. The average Bonchev–Trinajstić information content (AvgIpc) is 2.97. The first-order chi connectivity index (χ1) is 19.1. The van der Waals surface area contributed by atoms with Gasteiger partial charge in [0.1, 0.15) is 0 Å².